The van der Waals surface area contributed by atoms with E-state index in [9.17, 15) is 0 Å². The highest BCUT2D eigenvalue weighted by atomic mass is 16.5. The molecule has 0 aromatic heterocycles. The lowest BCUT2D eigenvalue weighted by Crippen LogP contribution is -2.10. The second-order valence-electron chi connectivity index (χ2n) is 5.02. The zero-order chi connectivity index (χ0) is 12.3. The maximum atomic E-state index is 5.98. The summed E-state index contributed by atoms with van der Waals surface area (Å²) in [5.41, 5.74) is 4.00. The number of hydrogen-bond acceptors (Lipinski definition) is 1. The topological polar surface area (TPSA) is 9.23 Å². The van der Waals surface area contributed by atoms with Crippen LogP contribution in [0.5, 0.6) is 5.75 Å². The van der Waals surface area contributed by atoms with Crippen LogP contribution < -0.4 is 4.74 Å². The van der Waals surface area contributed by atoms with E-state index in [2.05, 4.69) is 53.7 Å². The average Bonchev–Trinajstić information content (AvgIpc) is 2.19. The molecule has 0 N–H and O–H groups in total. The standard InChI is InChI=1S/C15H24O/c1-7-13-8-12(6)9-14(10(2)3)15(13)16-11(4)5/h8-11H,7H2,1-6H3. The summed E-state index contributed by atoms with van der Waals surface area (Å²) in [6.07, 6.45) is 1.27. The Morgan fingerprint density at radius 3 is 2.19 bits per heavy atom. The van der Waals surface area contributed by atoms with Crippen molar-refractivity contribution in [2.45, 2.75) is 60.0 Å². The van der Waals surface area contributed by atoms with Gasteiger partial charge in [-0.05, 0) is 44.2 Å². The normalized spacial score (nSPS) is 11.2. The van der Waals surface area contributed by atoms with Crippen LogP contribution in [0.15, 0.2) is 12.1 Å². The quantitative estimate of drug-likeness (QED) is 0.727. The van der Waals surface area contributed by atoms with Crippen LogP contribution >= 0.6 is 0 Å². The molecular weight excluding hydrogens is 196 g/mol. The summed E-state index contributed by atoms with van der Waals surface area (Å²) in [7, 11) is 0. The lowest BCUT2D eigenvalue weighted by Gasteiger charge is -2.20. The van der Waals surface area contributed by atoms with Crippen LogP contribution in [-0.2, 0) is 6.42 Å². The number of hydrogen-bond donors (Lipinski definition) is 0. The minimum atomic E-state index is 0.241. The smallest absolute Gasteiger partial charge is 0.126 e. The third-order valence-electron chi connectivity index (χ3n) is 2.70. The predicted molar refractivity (Wildman–Crippen MR) is 70.4 cm³/mol. The zero-order valence-electron chi connectivity index (χ0n) is 11.4. The monoisotopic (exact) mass is 220 g/mol. The predicted octanol–water partition coefficient (Wildman–Crippen LogP) is 4.47. The van der Waals surface area contributed by atoms with Crippen molar-refractivity contribution in [1.29, 1.82) is 0 Å². The first-order valence-electron chi connectivity index (χ1n) is 6.25. The Morgan fingerprint density at radius 1 is 1.12 bits per heavy atom. The third kappa shape index (κ3) is 3.01. The van der Waals surface area contributed by atoms with Crippen LogP contribution in [0, 0.1) is 6.92 Å². The molecule has 1 heteroatoms. The van der Waals surface area contributed by atoms with Crippen LogP contribution in [0.4, 0.5) is 0 Å². The van der Waals surface area contributed by atoms with Gasteiger partial charge in [0, 0.05) is 0 Å². The minimum absolute atomic E-state index is 0.241. The summed E-state index contributed by atoms with van der Waals surface area (Å²) in [4.78, 5) is 0. The van der Waals surface area contributed by atoms with E-state index in [0.29, 0.717) is 5.92 Å². The summed E-state index contributed by atoms with van der Waals surface area (Å²) in [5, 5.41) is 0. The Bertz CT molecular complexity index is 351. The molecule has 0 atom stereocenters. The van der Waals surface area contributed by atoms with Gasteiger partial charge in [0.05, 0.1) is 6.10 Å². The van der Waals surface area contributed by atoms with Gasteiger partial charge in [-0.2, -0.15) is 0 Å². The molecule has 1 aromatic carbocycles. The Kier molecular flexibility index (Phi) is 4.40. The van der Waals surface area contributed by atoms with Crippen LogP contribution in [0.25, 0.3) is 0 Å². The highest BCUT2D eigenvalue weighted by Crippen LogP contribution is 2.32. The Balaban J connectivity index is 3.27. The molecule has 0 amide bonds. The Labute approximate surface area is 99.8 Å². The van der Waals surface area contributed by atoms with Crippen molar-refractivity contribution in [2.75, 3.05) is 0 Å². The van der Waals surface area contributed by atoms with Gasteiger partial charge in [0.1, 0.15) is 5.75 Å². The first kappa shape index (κ1) is 13.1. The van der Waals surface area contributed by atoms with Gasteiger partial charge < -0.3 is 4.74 Å². The maximum absolute atomic E-state index is 5.98. The van der Waals surface area contributed by atoms with Gasteiger partial charge in [0.15, 0.2) is 0 Å². The van der Waals surface area contributed by atoms with Crippen LogP contribution in [0.2, 0.25) is 0 Å². The fraction of sp³-hybridized carbons (Fsp3) is 0.600. The van der Waals surface area contributed by atoms with E-state index < -0.39 is 0 Å². The van der Waals surface area contributed by atoms with Crippen molar-refractivity contribution >= 4 is 0 Å². The van der Waals surface area contributed by atoms with E-state index in [1.54, 1.807) is 0 Å². The zero-order valence-corrected chi connectivity index (χ0v) is 11.4. The van der Waals surface area contributed by atoms with E-state index in [-0.39, 0.29) is 6.10 Å². The molecule has 0 aliphatic rings. The van der Waals surface area contributed by atoms with E-state index >= 15 is 0 Å². The van der Waals surface area contributed by atoms with E-state index in [1.807, 2.05) is 0 Å². The second kappa shape index (κ2) is 5.38. The van der Waals surface area contributed by atoms with Gasteiger partial charge in [-0.3, -0.25) is 0 Å². The molecule has 0 bridgehead atoms. The number of ether oxygens (including phenoxy) is 1. The molecule has 1 nitrogen and oxygen atoms in total. The average molecular weight is 220 g/mol. The molecule has 0 aliphatic carbocycles. The number of benzene rings is 1. The summed E-state index contributed by atoms with van der Waals surface area (Å²) in [5.74, 6) is 1.62. The molecule has 0 aliphatic heterocycles. The highest BCUT2D eigenvalue weighted by molar-refractivity contribution is 5.46. The lowest BCUT2D eigenvalue weighted by molar-refractivity contribution is 0.237. The molecule has 1 aromatic rings. The first-order chi connectivity index (χ1) is 7.45. The van der Waals surface area contributed by atoms with Crippen molar-refractivity contribution in [3.05, 3.63) is 28.8 Å². The Morgan fingerprint density at radius 2 is 1.75 bits per heavy atom. The van der Waals surface area contributed by atoms with Crippen molar-refractivity contribution in [3.63, 3.8) is 0 Å². The van der Waals surface area contributed by atoms with E-state index in [0.717, 1.165) is 12.2 Å². The van der Waals surface area contributed by atoms with Crippen molar-refractivity contribution in [2.24, 2.45) is 0 Å². The SMILES string of the molecule is CCc1cc(C)cc(C(C)C)c1OC(C)C. The summed E-state index contributed by atoms with van der Waals surface area (Å²) in [6.45, 7) is 13.0. The van der Waals surface area contributed by atoms with Crippen LogP contribution in [-0.4, -0.2) is 6.10 Å². The second-order valence-corrected chi connectivity index (χ2v) is 5.02. The first-order valence-corrected chi connectivity index (χ1v) is 6.25. The number of rotatable bonds is 4. The van der Waals surface area contributed by atoms with Gasteiger partial charge in [-0.1, -0.05) is 38.5 Å². The molecular formula is C15H24O. The summed E-state index contributed by atoms with van der Waals surface area (Å²) in [6, 6.07) is 4.49. The lowest BCUT2D eigenvalue weighted by atomic mass is 9.95. The van der Waals surface area contributed by atoms with Gasteiger partial charge in [-0.25, -0.2) is 0 Å². The van der Waals surface area contributed by atoms with E-state index in [4.69, 9.17) is 4.74 Å². The van der Waals surface area contributed by atoms with Crippen molar-refractivity contribution < 1.29 is 4.74 Å². The molecule has 0 saturated carbocycles. The number of aryl methyl sites for hydroxylation is 2. The van der Waals surface area contributed by atoms with Gasteiger partial charge in [0.25, 0.3) is 0 Å². The summed E-state index contributed by atoms with van der Waals surface area (Å²) >= 11 is 0. The molecule has 0 heterocycles. The molecule has 1 rings (SSSR count). The maximum Gasteiger partial charge on any atom is 0.126 e. The van der Waals surface area contributed by atoms with Crippen molar-refractivity contribution in [3.8, 4) is 5.75 Å². The fourth-order valence-corrected chi connectivity index (χ4v) is 1.95. The molecule has 0 radical (unpaired) electrons. The van der Waals surface area contributed by atoms with Gasteiger partial charge in [-0.15, -0.1) is 0 Å². The Hall–Kier alpha value is -0.980. The largest absolute Gasteiger partial charge is 0.490 e. The molecule has 0 unspecified atom stereocenters. The van der Waals surface area contributed by atoms with E-state index in [1.165, 1.54) is 16.7 Å². The molecule has 0 spiro atoms. The van der Waals surface area contributed by atoms with Gasteiger partial charge in [0.2, 0.25) is 0 Å². The summed E-state index contributed by atoms with van der Waals surface area (Å²) < 4.78 is 5.98. The molecule has 0 saturated heterocycles. The molecule has 90 valence electrons. The van der Waals surface area contributed by atoms with Crippen LogP contribution in [0.1, 0.15) is 57.2 Å². The molecule has 0 fully saturated rings. The van der Waals surface area contributed by atoms with Gasteiger partial charge >= 0.3 is 0 Å². The highest BCUT2D eigenvalue weighted by Gasteiger charge is 2.14. The van der Waals surface area contributed by atoms with Crippen LogP contribution in [0.3, 0.4) is 0 Å². The van der Waals surface area contributed by atoms with Crippen molar-refractivity contribution in [1.82, 2.24) is 0 Å². The minimum Gasteiger partial charge on any atom is -0.490 e. The fourth-order valence-electron chi connectivity index (χ4n) is 1.95. The third-order valence-corrected chi connectivity index (χ3v) is 2.70. The molecule has 16 heavy (non-hydrogen) atoms.